The van der Waals surface area contributed by atoms with Crippen LogP contribution in [0.3, 0.4) is 0 Å². The third kappa shape index (κ3) is 5.02. The molecule has 2 aliphatic carbocycles. The highest BCUT2D eigenvalue weighted by molar-refractivity contribution is 6.38. The lowest BCUT2D eigenvalue weighted by atomic mass is 9.86. The number of amides is 4. The van der Waals surface area contributed by atoms with Crippen LogP contribution in [0.4, 0.5) is 0 Å². The van der Waals surface area contributed by atoms with Crippen LogP contribution in [0.15, 0.2) is 24.3 Å². The largest absolute Gasteiger partial charge is 0.356 e. The van der Waals surface area contributed by atoms with Crippen molar-refractivity contribution in [2.75, 3.05) is 13.1 Å². The van der Waals surface area contributed by atoms with E-state index >= 15 is 0 Å². The molecule has 0 bridgehead atoms. The van der Waals surface area contributed by atoms with E-state index in [1.165, 1.54) is 0 Å². The molecule has 11 nitrogen and oxygen atoms in total. The molecule has 2 aromatic rings. The molecule has 1 aromatic carbocycles. The highest BCUT2D eigenvalue weighted by Crippen LogP contribution is 2.55. The maximum atomic E-state index is 13.8. The zero-order valence-electron chi connectivity index (χ0n) is 22.1. The summed E-state index contributed by atoms with van der Waals surface area (Å²) < 4.78 is 1.66. The van der Waals surface area contributed by atoms with Crippen molar-refractivity contribution >= 4 is 40.3 Å². The van der Waals surface area contributed by atoms with Crippen molar-refractivity contribution in [3.63, 3.8) is 0 Å². The van der Waals surface area contributed by atoms with Crippen molar-refractivity contribution in [3.8, 4) is 0 Å². The average molecular weight is 535 g/mol. The van der Waals surface area contributed by atoms with E-state index in [9.17, 15) is 24.0 Å². The van der Waals surface area contributed by atoms with Crippen LogP contribution in [0.25, 0.3) is 10.9 Å². The number of hydrogen-bond donors (Lipinski definition) is 3. The minimum Gasteiger partial charge on any atom is -0.356 e. The number of benzene rings is 1. The molecule has 2 aliphatic heterocycles. The van der Waals surface area contributed by atoms with Crippen molar-refractivity contribution in [2.24, 2.45) is 18.4 Å². The van der Waals surface area contributed by atoms with Gasteiger partial charge in [-0.1, -0.05) is 18.2 Å². The van der Waals surface area contributed by atoms with Gasteiger partial charge in [0.2, 0.25) is 17.6 Å². The first-order chi connectivity index (χ1) is 18.7. The maximum absolute atomic E-state index is 13.8. The van der Waals surface area contributed by atoms with Crippen LogP contribution >= 0.6 is 0 Å². The Balaban J connectivity index is 1.25. The van der Waals surface area contributed by atoms with E-state index in [0.717, 1.165) is 37.6 Å². The lowest BCUT2D eigenvalue weighted by Gasteiger charge is -2.39. The molecule has 2 saturated heterocycles. The second kappa shape index (κ2) is 9.77. The van der Waals surface area contributed by atoms with Gasteiger partial charge in [-0.25, -0.2) is 0 Å². The number of carbonyl (C=O) groups is 5. The molecule has 0 radical (unpaired) electrons. The Hall–Kier alpha value is -3.76. The molecule has 4 fully saturated rings. The first-order valence-corrected chi connectivity index (χ1v) is 13.9. The number of Topliss-reactive ketones (excluding diaryl/α,β-unsaturated/α-hetero) is 1. The van der Waals surface area contributed by atoms with Crippen LogP contribution < -0.4 is 16.0 Å². The minimum atomic E-state index is -1.14. The Bertz CT molecular complexity index is 1360. The number of aryl methyl sites for hydroxylation is 1. The molecule has 6 rings (SSSR count). The fourth-order valence-electron chi connectivity index (χ4n) is 6.05. The summed E-state index contributed by atoms with van der Waals surface area (Å²) >= 11 is 0. The van der Waals surface area contributed by atoms with E-state index in [4.69, 9.17) is 0 Å². The number of hydrogen-bond acceptors (Lipinski definition) is 6. The average Bonchev–Trinajstić information content (AvgIpc) is 3.84. The molecule has 4 amide bonds. The van der Waals surface area contributed by atoms with E-state index in [2.05, 4.69) is 21.0 Å². The Kier molecular flexibility index (Phi) is 6.39. The second-order valence-corrected chi connectivity index (χ2v) is 11.6. The van der Waals surface area contributed by atoms with Crippen LogP contribution in [0.2, 0.25) is 0 Å². The van der Waals surface area contributed by atoms with Gasteiger partial charge in [0, 0.05) is 37.5 Å². The van der Waals surface area contributed by atoms with Gasteiger partial charge in [-0.3, -0.25) is 28.7 Å². The summed E-state index contributed by atoms with van der Waals surface area (Å²) in [5.41, 5.74) is 1.13. The smallest absolute Gasteiger partial charge is 0.289 e. The number of piperidine rings is 1. The summed E-state index contributed by atoms with van der Waals surface area (Å²) in [6.07, 6.45) is 5.53. The first kappa shape index (κ1) is 25.5. The minimum absolute atomic E-state index is 0.0121. The second-order valence-electron chi connectivity index (χ2n) is 11.6. The van der Waals surface area contributed by atoms with Gasteiger partial charge in [-0.2, -0.15) is 5.10 Å². The van der Waals surface area contributed by atoms with Gasteiger partial charge in [0.1, 0.15) is 6.04 Å². The molecule has 39 heavy (non-hydrogen) atoms. The summed E-state index contributed by atoms with van der Waals surface area (Å²) in [6.45, 7) is 0.908. The van der Waals surface area contributed by atoms with Gasteiger partial charge in [0.05, 0.1) is 11.6 Å². The zero-order valence-corrected chi connectivity index (χ0v) is 22.1. The third-order valence-corrected chi connectivity index (χ3v) is 8.82. The quantitative estimate of drug-likeness (QED) is 0.428. The molecule has 206 valence electrons. The first-order valence-electron chi connectivity index (χ1n) is 13.9. The number of fused-ring (bicyclic) bond motifs is 1. The molecule has 1 aromatic heterocycles. The summed E-state index contributed by atoms with van der Waals surface area (Å²) in [4.78, 5) is 67.4. The number of ketones is 1. The van der Waals surface area contributed by atoms with Crippen LogP contribution in [-0.2, 0) is 26.2 Å². The summed E-state index contributed by atoms with van der Waals surface area (Å²) in [6, 6.07) is 5.51. The number of nitrogens with one attached hydrogen (secondary N) is 3. The van der Waals surface area contributed by atoms with E-state index in [0.29, 0.717) is 31.3 Å². The lowest BCUT2D eigenvalue weighted by Crippen LogP contribution is -2.58. The van der Waals surface area contributed by atoms with Gasteiger partial charge in [0.15, 0.2) is 5.69 Å². The van der Waals surface area contributed by atoms with Crippen LogP contribution in [0, 0.1) is 11.3 Å². The molecule has 3 N–H and O–H groups in total. The van der Waals surface area contributed by atoms with Crippen molar-refractivity contribution < 1.29 is 24.0 Å². The normalized spacial score (nSPS) is 24.3. The van der Waals surface area contributed by atoms with Gasteiger partial charge in [0.25, 0.3) is 11.8 Å². The highest BCUT2D eigenvalue weighted by atomic mass is 16.2. The molecule has 3 atom stereocenters. The van der Waals surface area contributed by atoms with Gasteiger partial charge in [-0.15, -0.1) is 0 Å². The number of likely N-dealkylation sites (tertiary alicyclic amines) is 1. The molecular weight excluding hydrogens is 500 g/mol. The van der Waals surface area contributed by atoms with Crippen molar-refractivity contribution in [1.82, 2.24) is 30.6 Å². The van der Waals surface area contributed by atoms with Crippen LogP contribution in [0.1, 0.15) is 61.9 Å². The number of carbonyl (C=O) groups excluding carboxylic acids is 5. The molecule has 11 heteroatoms. The van der Waals surface area contributed by atoms with Gasteiger partial charge in [-0.05, 0) is 62.8 Å². The Morgan fingerprint density at radius 3 is 2.59 bits per heavy atom. The maximum Gasteiger partial charge on any atom is 0.289 e. The van der Waals surface area contributed by atoms with Crippen molar-refractivity contribution in [2.45, 2.75) is 69.5 Å². The third-order valence-electron chi connectivity index (χ3n) is 8.82. The Morgan fingerprint density at radius 1 is 1.13 bits per heavy atom. The zero-order chi connectivity index (χ0) is 27.3. The molecule has 4 aliphatic rings. The highest BCUT2D eigenvalue weighted by Gasteiger charge is 2.52. The van der Waals surface area contributed by atoms with Crippen molar-refractivity contribution in [1.29, 1.82) is 0 Å². The SMILES string of the molecule is Cn1nc(C(=O)N2CCC3(CC3)CC2C(=O)NC(CC2CCNC2=O)C(=O)C(=O)NC2CC2)c2ccccc21. The number of aromatic nitrogens is 2. The van der Waals surface area contributed by atoms with Crippen LogP contribution in [0.5, 0.6) is 0 Å². The fourth-order valence-corrected chi connectivity index (χ4v) is 6.05. The molecule has 2 saturated carbocycles. The van der Waals surface area contributed by atoms with Crippen molar-refractivity contribution in [3.05, 3.63) is 30.0 Å². The molecule has 1 spiro atoms. The number of rotatable bonds is 8. The fraction of sp³-hybridized carbons (Fsp3) is 0.571. The Morgan fingerprint density at radius 2 is 1.90 bits per heavy atom. The van der Waals surface area contributed by atoms with Gasteiger partial charge >= 0.3 is 0 Å². The van der Waals surface area contributed by atoms with Gasteiger partial charge < -0.3 is 20.9 Å². The number of para-hydroxylation sites is 1. The standard InChI is InChI=1S/C28H34N6O5/c1-33-20-5-3-2-4-18(20)22(32-33)27(39)34-13-11-28(9-10-28)15-21(34)25(37)31-19(14-16-8-12-29-24(16)36)23(35)26(38)30-17-6-7-17/h2-5,16-17,19,21H,6-15H2,1H3,(H,29,36)(H,30,38)(H,31,37). The predicted octanol–water partition coefficient (Wildman–Crippen LogP) is 0.817. The Labute approximate surface area is 226 Å². The summed E-state index contributed by atoms with van der Waals surface area (Å²) in [5.74, 6) is -2.93. The van der Waals surface area contributed by atoms with Crippen LogP contribution in [-0.4, -0.2) is 75.3 Å². The number of nitrogens with zero attached hydrogens (tertiary/aromatic N) is 3. The molecule has 3 heterocycles. The monoisotopic (exact) mass is 534 g/mol. The van der Waals surface area contributed by atoms with E-state index < -0.39 is 35.6 Å². The van der Waals surface area contributed by atoms with E-state index in [1.54, 1.807) is 16.6 Å². The predicted molar refractivity (Wildman–Crippen MR) is 140 cm³/mol. The summed E-state index contributed by atoms with van der Waals surface area (Å²) in [7, 11) is 1.78. The molecular formula is C28H34N6O5. The summed E-state index contributed by atoms with van der Waals surface area (Å²) in [5, 5.41) is 13.4. The van der Waals surface area contributed by atoms with E-state index in [-0.39, 0.29) is 35.4 Å². The molecule has 3 unspecified atom stereocenters. The topological polar surface area (TPSA) is 142 Å². The lowest BCUT2D eigenvalue weighted by molar-refractivity contribution is -0.141. The van der Waals surface area contributed by atoms with E-state index in [1.807, 2.05) is 24.3 Å².